The molecule has 0 aliphatic carbocycles. The Balaban J connectivity index is 2.94. The summed E-state index contributed by atoms with van der Waals surface area (Å²) in [6, 6.07) is 1.68. The van der Waals surface area contributed by atoms with E-state index >= 15 is 0 Å². The van der Waals surface area contributed by atoms with Gasteiger partial charge in [0.25, 0.3) is 0 Å². The van der Waals surface area contributed by atoms with E-state index in [0.717, 1.165) is 0 Å². The van der Waals surface area contributed by atoms with Crippen molar-refractivity contribution in [3.05, 3.63) is 29.0 Å². The average molecular weight is 186 g/mol. The van der Waals surface area contributed by atoms with Gasteiger partial charge in [0, 0.05) is 23.0 Å². The summed E-state index contributed by atoms with van der Waals surface area (Å²) in [5.41, 5.74) is 0.703. The third-order valence-corrected chi connectivity index (χ3v) is 2.09. The fourth-order valence-electron chi connectivity index (χ4n) is 0.966. The molecule has 1 heterocycles. The van der Waals surface area contributed by atoms with E-state index in [1.165, 1.54) is 0 Å². The molecule has 0 bridgehead atoms. The van der Waals surface area contributed by atoms with Gasteiger partial charge in [-0.2, -0.15) is 0 Å². The highest BCUT2D eigenvalue weighted by Crippen LogP contribution is 2.26. The maximum absolute atomic E-state index is 9.65. The lowest BCUT2D eigenvalue weighted by Gasteiger charge is -2.15. The lowest BCUT2D eigenvalue weighted by Crippen LogP contribution is -2.06. The molecule has 0 fully saturated rings. The van der Waals surface area contributed by atoms with Crippen molar-refractivity contribution >= 4 is 11.6 Å². The molecule has 0 aromatic carbocycles. The molecule has 1 aromatic rings. The second kappa shape index (κ2) is 3.87. The quantitative estimate of drug-likeness (QED) is 0.768. The van der Waals surface area contributed by atoms with Crippen LogP contribution in [0.1, 0.15) is 25.5 Å². The van der Waals surface area contributed by atoms with Gasteiger partial charge in [-0.15, -0.1) is 0 Å². The van der Waals surface area contributed by atoms with Gasteiger partial charge < -0.3 is 5.11 Å². The number of nitrogens with zero attached hydrogens (tertiary/aromatic N) is 1. The van der Waals surface area contributed by atoms with Crippen molar-refractivity contribution in [1.82, 2.24) is 4.98 Å². The molecule has 1 N–H and O–H groups in total. The zero-order chi connectivity index (χ0) is 9.14. The van der Waals surface area contributed by atoms with Crippen molar-refractivity contribution < 1.29 is 5.11 Å². The SMILES string of the molecule is CC(C)C(O)c1cnccc1Cl. The summed E-state index contributed by atoms with van der Waals surface area (Å²) in [6.45, 7) is 3.88. The summed E-state index contributed by atoms with van der Waals surface area (Å²) in [7, 11) is 0. The van der Waals surface area contributed by atoms with Gasteiger partial charge in [-0.1, -0.05) is 25.4 Å². The molecule has 1 atom stereocenters. The number of aromatic nitrogens is 1. The maximum atomic E-state index is 9.65. The van der Waals surface area contributed by atoms with Crippen molar-refractivity contribution in [3.8, 4) is 0 Å². The second-order valence-corrected chi connectivity index (χ2v) is 3.49. The molecule has 0 amide bonds. The summed E-state index contributed by atoms with van der Waals surface area (Å²) in [4.78, 5) is 3.90. The molecule has 0 aliphatic rings. The van der Waals surface area contributed by atoms with Crippen molar-refractivity contribution in [2.45, 2.75) is 20.0 Å². The van der Waals surface area contributed by atoms with Crippen molar-refractivity contribution in [1.29, 1.82) is 0 Å². The van der Waals surface area contributed by atoms with Crippen LogP contribution in [-0.4, -0.2) is 10.1 Å². The fourth-order valence-corrected chi connectivity index (χ4v) is 1.18. The molecule has 12 heavy (non-hydrogen) atoms. The first kappa shape index (κ1) is 9.49. The molecule has 2 nitrogen and oxygen atoms in total. The lowest BCUT2D eigenvalue weighted by molar-refractivity contribution is 0.126. The van der Waals surface area contributed by atoms with E-state index in [9.17, 15) is 5.11 Å². The lowest BCUT2D eigenvalue weighted by atomic mass is 10.0. The first-order chi connectivity index (χ1) is 5.63. The average Bonchev–Trinajstić information content (AvgIpc) is 2.04. The van der Waals surface area contributed by atoms with Crippen molar-refractivity contribution in [3.63, 3.8) is 0 Å². The molecule has 0 saturated heterocycles. The third kappa shape index (κ3) is 1.96. The zero-order valence-corrected chi connectivity index (χ0v) is 7.92. The van der Waals surface area contributed by atoms with Crippen LogP contribution in [0.5, 0.6) is 0 Å². The number of halogens is 1. The molecule has 0 radical (unpaired) electrons. The molecule has 0 aliphatic heterocycles. The smallest absolute Gasteiger partial charge is 0.0842 e. The topological polar surface area (TPSA) is 33.1 Å². The van der Waals surface area contributed by atoms with Gasteiger partial charge in [0.05, 0.1) is 6.10 Å². The number of pyridine rings is 1. The molecule has 66 valence electrons. The monoisotopic (exact) mass is 185 g/mol. The predicted molar refractivity (Wildman–Crippen MR) is 49.0 cm³/mol. The van der Waals surface area contributed by atoms with Crippen LogP contribution in [-0.2, 0) is 0 Å². The summed E-state index contributed by atoms with van der Waals surface area (Å²) < 4.78 is 0. The number of rotatable bonds is 2. The molecular formula is C9H12ClNO. The first-order valence-electron chi connectivity index (χ1n) is 3.90. The minimum absolute atomic E-state index is 0.159. The Morgan fingerprint density at radius 3 is 2.67 bits per heavy atom. The van der Waals surface area contributed by atoms with Gasteiger partial charge in [-0.3, -0.25) is 4.98 Å². The molecule has 0 spiro atoms. The highest BCUT2D eigenvalue weighted by atomic mass is 35.5. The van der Waals surface area contributed by atoms with E-state index in [4.69, 9.17) is 11.6 Å². The Bertz CT molecular complexity index is 262. The minimum atomic E-state index is -0.522. The van der Waals surface area contributed by atoms with Gasteiger partial charge >= 0.3 is 0 Å². The number of aliphatic hydroxyl groups excluding tert-OH is 1. The van der Waals surface area contributed by atoms with Crippen LogP contribution in [0.2, 0.25) is 5.02 Å². The Hall–Kier alpha value is -0.600. The summed E-state index contributed by atoms with van der Waals surface area (Å²) in [6.07, 6.45) is 2.69. The van der Waals surface area contributed by atoms with E-state index in [0.29, 0.717) is 10.6 Å². The second-order valence-electron chi connectivity index (χ2n) is 3.09. The molecule has 3 heteroatoms. The Kier molecular flexibility index (Phi) is 3.06. The number of aliphatic hydroxyl groups is 1. The van der Waals surface area contributed by atoms with E-state index in [-0.39, 0.29) is 5.92 Å². The molecular weight excluding hydrogens is 174 g/mol. The van der Waals surface area contributed by atoms with Gasteiger partial charge in [0.2, 0.25) is 0 Å². The largest absolute Gasteiger partial charge is 0.388 e. The normalized spacial score (nSPS) is 13.4. The van der Waals surface area contributed by atoms with E-state index < -0.39 is 6.10 Å². The highest BCUT2D eigenvalue weighted by molar-refractivity contribution is 6.31. The predicted octanol–water partition coefficient (Wildman–Crippen LogP) is 2.42. The Labute approximate surface area is 77.2 Å². The summed E-state index contributed by atoms with van der Waals surface area (Å²) in [5, 5.41) is 10.2. The molecule has 1 aromatic heterocycles. The van der Waals surface area contributed by atoms with Crippen LogP contribution >= 0.6 is 11.6 Å². The van der Waals surface area contributed by atoms with Crippen molar-refractivity contribution in [2.75, 3.05) is 0 Å². The van der Waals surface area contributed by atoms with E-state index in [1.54, 1.807) is 18.5 Å². The molecule has 1 unspecified atom stereocenters. The minimum Gasteiger partial charge on any atom is -0.388 e. The van der Waals surface area contributed by atoms with Crippen molar-refractivity contribution in [2.24, 2.45) is 5.92 Å². The Morgan fingerprint density at radius 2 is 2.17 bits per heavy atom. The van der Waals surface area contributed by atoms with Crippen LogP contribution in [0.15, 0.2) is 18.5 Å². The summed E-state index contributed by atoms with van der Waals surface area (Å²) >= 11 is 5.86. The van der Waals surface area contributed by atoms with Crippen LogP contribution in [0.3, 0.4) is 0 Å². The van der Waals surface area contributed by atoms with Crippen LogP contribution < -0.4 is 0 Å². The zero-order valence-electron chi connectivity index (χ0n) is 7.16. The van der Waals surface area contributed by atoms with Gasteiger partial charge in [0.15, 0.2) is 0 Å². The van der Waals surface area contributed by atoms with E-state index in [2.05, 4.69) is 4.98 Å². The van der Waals surface area contributed by atoms with Gasteiger partial charge in [0.1, 0.15) is 0 Å². The van der Waals surface area contributed by atoms with E-state index in [1.807, 2.05) is 13.8 Å². The number of hydrogen-bond donors (Lipinski definition) is 1. The molecule has 1 rings (SSSR count). The third-order valence-electron chi connectivity index (χ3n) is 1.75. The summed E-state index contributed by atoms with van der Waals surface area (Å²) in [5.74, 6) is 0.159. The fraction of sp³-hybridized carbons (Fsp3) is 0.444. The standard InChI is InChI=1S/C9H12ClNO/c1-6(2)9(12)7-5-11-4-3-8(7)10/h3-6,9,12H,1-2H3. The first-order valence-corrected chi connectivity index (χ1v) is 4.28. The van der Waals surface area contributed by atoms with Gasteiger partial charge in [-0.25, -0.2) is 0 Å². The van der Waals surface area contributed by atoms with Crippen LogP contribution in [0.25, 0.3) is 0 Å². The van der Waals surface area contributed by atoms with Crippen LogP contribution in [0, 0.1) is 5.92 Å². The maximum Gasteiger partial charge on any atom is 0.0842 e. The molecule has 0 saturated carbocycles. The van der Waals surface area contributed by atoms with Crippen LogP contribution in [0.4, 0.5) is 0 Å². The number of hydrogen-bond acceptors (Lipinski definition) is 2. The van der Waals surface area contributed by atoms with Gasteiger partial charge in [-0.05, 0) is 12.0 Å². The highest BCUT2D eigenvalue weighted by Gasteiger charge is 2.14. The Morgan fingerprint density at radius 1 is 1.50 bits per heavy atom.